The van der Waals surface area contributed by atoms with Crippen molar-refractivity contribution in [1.82, 2.24) is 53.2 Å². The molecule has 9 atom stereocenters. The molecule has 2 aromatic rings. The maximum Gasteiger partial charge on any atom is 0.317 e. The van der Waals surface area contributed by atoms with E-state index in [4.69, 9.17) is 11.5 Å². The van der Waals surface area contributed by atoms with Crippen LogP contribution in [0.5, 0.6) is 11.5 Å². The van der Waals surface area contributed by atoms with E-state index in [1.807, 2.05) is 0 Å². The van der Waals surface area contributed by atoms with Crippen LogP contribution in [0.15, 0.2) is 48.5 Å². The molecule has 1 aliphatic heterocycles. The molecule has 2 aromatic carbocycles. The molecule has 18 N–H and O–H groups in total. The first-order chi connectivity index (χ1) is 42.9. The number of carbonyl (C=O) groups excluding carboxylic acids is 12. The summed E-state index contributed by atoms with van der Waals surface area (Å²) in [6, 6.07) is -2.78. The molecule has 1 saturated carbocycles. The first-order valence-corrected chi connectivity index (χ1v) is 31.4. The summed E-state index contributed by atoms with van der Waals surface area (Å²) in [5.41, 5.74) is 9.38. The van der Waals surface area contributed by atoms with Crippen LogP contribution in [0.4, 0.5) is 0 Å². The van der Waals surface area contributed by atoms with Crippen LogP contribution in [0, 0.1) is 23.2 Å². The van der Waals surface area contributed by atoms with Gasteiger partial charge in [0.25, 0.3) is 0 Å². The average Bonchev–Trinajstić information content (AvgIpc) is 0.816. The molecular weight excluding hydrogens is 1220 g/mol. The number of phenols is 2. The van der Waals surface area contributed by atoms with Gasteiger partial charge >= 0.3 is 11.9 Å². The number of phenolic OH excluding ortho intramolecular Hbond substituents is 2. The summed E-state index contributed by atoms with van der Waals surface area (Å²) in [5, 5.41) is 64.6. The number of carboxylic acids is 2. The monoisotopic (exact) mass is 1310 g/mol. The molecule has 1 spiro atoms. The van der Waals surface area contributed by atoms with Crippen LogP contribution in [-0.2, 0) is 90.8 Å². The minimum atomic E-state index is -2.51. The van der Waals surface area contributed by atoms with E-state index < -0.39 is 202 Å². The first kappa shape index (κ1) is 75.2. The molecule has 506 valence electrons. The second-order valence-corrected chi connectivity index (χ2v) is 26.5. The van der Waals surface area contributed by atoms with E-state index in [1.54, 1.807) is 34.6 Å². The molecule has 1 saturated heterocycles. The smallest absolute Gasteiger partial charge is 0.317 e. The van der Waals surface area contributed by atoms with Crippen molar-refractivity contribution in [2.75, 3.05) is 18.1 Å². The number of amides is 12. The number of nitrogens with two attached hydrogens (primary N) is 2. The van der Waals surface area contributed by atoms with Gasteiger partial charge in [0.2, 0.25) is 70.9 Å². The standard InChI is InChI=1S/C60H86N12O19S/c1-30(2)21-37-49(79)68-39(23-33-13-17-35(74)18-14-33)54(84)72-60(19-9-8-10-20-60)58(90)70-41(25-44(61)75)52(82)71-47(31(3)4)55(85)63-27-45(76)65-42(26-59(5,6)7)53(83)67-38(22-32-11-15-34(73)16-12-32)50(80)69-43(48(62)78)28-92(91)29-46(77)64-40(51(81)66-37)24-36(56(86)87)57(88)89/h11-18,30-31,36-43,47,73-74H,8-10,19-29H2,1-7H3,(H2,61,75)(H2,62,78)(H,63,85)(H,64,77)(H,65,76)(H,66,81)(H,67,83)(H,68,79)(H,69,80)(H,70,90)(H,71,82)(H,72,84)(H,86,87)(H,88,89)/t37-,38-,39-,40-,41-,42-,43-,47-,92?/m0/s1. The zero-order valence-electron chi connectivity index (χ0n) is 52.3. The maximum atomic E-state index is 14.8. The molecule has 12 amide bonds. The Bertz CT molecular complexity index is 3060. The van der Waals surface area contributed by atoms with Crippen molar-refractivity contribution in [2.45, 2.75) is 173 Å². The molecule has 2 fully saturated rings. The Morgan fingerprint density at radius 3 is 1.52 bits per heavy atom. The number of hydrogen-bond donors (Lipinski definition) is 16. The number of benzene rings is 2. The lowest BCUT2D eigenvalue weighted by Gasteiger charge is -2.39. The fourth-order valence-corrected chi connectivity index (χ4v) is 11.4. The van der Waals surface area contributed by atoms with Gasteiger partial charge in [-0.15, -0.1) is 0 Å². The number of hydrogen-bond acceptors (Lipinski definition) is 17. The predicted molar refractivity (Wildman–Crippen MR) is 329 cm³/mol. The quantitative estimate of drug-likeness (QED) is 0.0797. The lowest BCUT2D eigenvalue weighted by atomic mass is 9.80. The Balaban J connectivity index is 1.88. The van der Waals surface area contributed by atoms with Gasteiger partial charge in [-0.2, -0.15) is 0 Å². The SMILES string of the molecule is CC(C)C[C@@H]1NC(=O)[C@H](CC(C(=O)O)C(=O)O)NC(=O)CS(=O)C[C@@H](C(N)=O)NC(=O)[C@H](Cc2ccc(O)cc2)NC(=O)[C@H](CC(C)(C)C)NC(=O)CNC(=O)[C@H](C(C)C)NC(=O)[C@H](CC(N)=O)NC(=O)C2(CCCCC2)NC(=O)[C@H](Cc2ccc(O)cc2)NC1=O. The topological polar surface area (TPSA) is 509 Å². The van der Waals surface area contributed by atoms with E-state index in [1.165, 1.54) is 62.4 Å². The second-order valence-electron chi connectivity index (χ2n) is 25.0. The van der Waals surface area contributed by atoms with Crippen molar-refractivity contribution in [1.29, 1.82) is 0 Å². The molecular formula is C60H86N12O19S. The van der Waals surface area contributed by atoms with Crippen LogP contribution in [-0.4, -0.2) is 179 Å². The van der Waals surface area contributed by atoms with E-state index in [9.17, 15) is 91.8 Å². The number of carboxylic acid groups (broad SMARTS) is 2. The molecule has 4 rings (SSSR count). The van der Waals surface area contributed by atoms with E-state index in [0.717, 1.165) is 0 Å². The third-order valence-corrected chi connectivity index (χ3v) is 16.3. The normalized spacial score (nSPS) is 24.5. The van der Waals surface area contributed by atoms with Crippen LogP contribution in [0.3, 0.4) is 0 Å². The first-order valence-electron chi connectivity index (χ1n) is 29.9. The minimum Gasteiger partial charge on any atom is -0.508 e. The fourth-order valence-electron chi connectivity index (χ4n) is 10.3. The number of carbonyl (C=O) groups is 14. The van der Waals surface area contributed by atoms with Gasteiger partial charge in [-0.3, -0.25) is 71.3 Å². The number of rotatable bonds is 15. The maximum absolute atomic E-state index is 14.8. The highest BCUT2D eigenvalue weighted by molar-refractivity contribution is 7.85. The van der Waals surface area contributed by atoms with Crippen LogP contribution < -0.4 is 64.6 Å². The molecule has 1 unspecified atom stereocenters. The summed E-state index contributed by atoms with van der Waals surface area (Å²) in [6.45, 7) is 10.7. The molecule has 31 nitrogen and oxygen atoms in total. The van der Waals surface area contributed by atoms with Gasteiger partial charge in [-0.25, -0.2) is 0 Å². The summed E-state index contributed by atoms with van der Waals surface area (Å²) >= 11 is 0. The lowest BCUT2D eigenvalue weighted by Crippen LogP contribution is -2.66. The highest BCUT2D eigenvalue weighted by Gasteiger charge is 2.45. The van der Waals surface area contributed by atoms with E-state index >= 15 is 0 Å². The van der Waals surface area contributed by atoms with E-state index in [-0.39, 0.29) is 50.0 Å². The summed E-state index contributed by atoms with van der Waals surface area (Å²) < 4.78 is 13.8. The summed E-state index contributed by atoms with van der Waals surface area (Å²) in [4.78, 5) is 193. The summed E-state index contributed by atoms with van der Waals surface area (Å²) in [6.07, 6.45) is -1.82. The fraction of sp³-hybridized carbons (Fsp3) is 0.567. The van der Waals surface area contributed by atoms with Gasteiger partial charge < -0.3 is 85.1 Å². The Hall–Kier alpha value is -9.23. The number of aliphatic carboxylic acids is 2. The molecule has 32 heteroatoms. The van der Waals surface area contributed by atoms with E-state index in [2.05, 4.69) is 53.2 Å². The van der Waals surface area contributed by atoms with Gasteiger partial charge in [0.15, 0.2) is 5.92 Å². The molecule has 1 heterocycles. The van der Waals surface area contributed by atoms with Crippen LogP contribution in [0.2, 0.25) is 0 Å². The van der Waals surface area contributed by atoms with Crippen LogP contribution in [0.25, 0.3) is 0 Å². The van der Waals surface area contributed by atoms with Crippen molar-refractivity contribution < 1.29 is 91.8 Å². The third kappa shape index (κ3) is 24.2. The average molecular weight is 1310 g/mol. The van der Waals surface area contributed by atoms with Gasteiger partial charge in [0, 0.05) is 30.1 Å². The highest BCUT2D eigenvalue weighted by Crippen LogP contribution is 2.30. The van der Waals surface area contributed by atoms with Crippen molar-refractivity contribution in [3.8, 4) is 11.5 Å². The van der Waals surface area contributed by atoms with Crippen molar-refractivity contribution in [3.63, 3.8) is 0 Å². The zero-order valence-corrected chi connectivity index (χ0v) is 53.2. The molecule has 92 heavy (non-hydrogen) atoms. The second kappa shape index (κ2) is 34.3. The Kier molecular flexibility index (Phi) is 28.0. The van der Waals surface area contributed by atoms with Crippen molar-refractivity contribution in [3.05, 3.63) is 59.7 Å². The summed E-state index contributed by atoms with van der Waals surface area (Å²) in [5.74, 6) is -22.8. The van der Waals surface area contributed by atoms with Crippen molar-refractivity contribution >= 4 is 93.6 Å². The predicted octanol–water partition coefficient (Wildman–Crippen LogP) is -2.87. The minimum absolute atomic E-state index is 0.0474. The Labute approximate surface area is 533 Å². The molecule has 0 radical (unpaired) electrons. The van der Waals surface area contributed by atoms with Crippen LogP contribution in [0.1, 0.15) is 117 Å². The third-order valence-electron chi connectivity index (χ3n) is 15.1. The number of nitrogens with one attached hydrogen (secondary N) is 10. The van der Waals surface area contributed by atoms with E-state index in [0.29, 0.717) is 30.4 Å². The van der Waals surface area contributed by atoms with Gasteiger partial charge in [-0.05, 0) is 78.3 Å². The molecule has 2 aliphatic rings. The van der Waals surface area contributed by atoms with Crippen molar-refractivity contribution in [2.24, 2.45) is 34.6 Å². The number of primary amides is 2. The molecule has 1 aliphatic carbocycles. The summed E-state index contributed by atoms with van der Waals surface area (Å²) in [7, 11) is -2.51. The Morgan fingerprint density at radius 1 is 0.576 bits per heavy atom. The molecule has 0 aromatic heterocycles. The number of aromatic hydroxyl groups is 2. The van der Waals surface area contributed by atoms with Gasteiger partial charge in [0.05, 0.1) is 18.7 Å². The Morgan fingerprint density at radius 2 is 1.04 bits per heavy atom. The van der Waals surface area contributed by atoms with Gasteiger partial charge in [0.1, 0.15) is 71.1 Å². The lowest BCUT2D eigenvalue weighted by molar-refractivity contribution is -0.155. The molecule has 0 bridgehead atoms. The largest absolute Gasteiger partial charge is 0.508 e. The van der Waals surface area contributed by atoms with Crippen LogP contribution >= 0.6 is 0 Å². The van der Waals surface area contributed by atoms with Gasteiger partial charge in [-0.1, -0.05) is 92.0 Å². The highest BCUT2D eigenvalue weighted by atomic mass is 32.2. The zero-order chi connectivity index (χ0) is 68.9.